The van der Waals surface area contributed by atoms with Crippen LogP contribution in [0.5, 0.6) is 0 Å². The minimum atomic E-state index is -0.197. The van der Waals surface area contributed by atoms with Crippen LogP contribution in [-0.2, 0) is 4.79 Å². The molecule has 1 aromatic rings. The molecule has 2 rings (SSSR count). The van der Waals surface area contributed by atoms with Crippen molar-refractivity contribution in [1.82, 2.24) is 5.32 Å². The SMILES string of the molecule is CC(=O)NC(=S)Nc1ccc(N2CCCC2)c(Cl)c1. The Morgan fingerprint density at radius 2 is 2.05 bits per heavy atom. The van der Waals surface area contributed by atoms with Crippen LogP contribution in [0.2, 0.25) is 5.02 Å². The van der Waals surface area contributed by atoms with Crippen molar-refractivity contribution in [2.45, 2.75) is 19.8 Å². The molecular formula is C13H16ClN3OS. The van der Waals surface area contributed by atoms with Crippen molar-refractivity contribution in [2.24, 2.45) is 0 Å². The van der Waals surface area contributed by atoms with E-state index < -0.39 is 0 Å². The predicted octanol–water partition coefficient (Wildman–Crippen LogP) is 2.77. The summed E-state index contributed by atoms with van der Waals surface area (Å²) in [6.45, 7) is 3.52. The molecule has 102 valence electrons. The van der Waals surface area contributed by atoms with Gasteiger partial charge in [0.25, 0.3) is 0 Å². The lowest BCUT2D eigenvalue weighted by Gasteiger charge is -2.19. The van der Waals surface area contributed by atoms with Crippen LogP contribution >= 0.6 is 23.8 Å². The van der Waals surface area contributed by atoms with E-state index in [1.54, 1.807) is 0 Å². The molecule has 2 N–H and O–H groups in total. The fraction of sp³-hybridized carbons (Fsp3) is 0.385. The van der Waals surface area contributed by atoms with Gasteiger partial charge in [0.1, 0.15) is 0 Å². The Hall–Kier alpha value is -1.33. The first-order valence-corrected chi connectivity index (χ1v) is 6.98. The first-order chi connectivity index (χ1) is 9.06. The first kappa shape index (κ1) is 14.1. The summed E-state index contributed by atoms with van der Waals surface area (Å²) in [6.07, 6.45) is 2.42. The van der Waals surface area contributed by atoms with Gasteiger partial charge in [-0.15, -0.1) is 0 Å². The molecule has 6 heteroatoms. The van der Waals surface area contributed by atoms with Crippen molar-refractivity contribution in [3.05, 3.63) is 23.2 Å². The molecule has 0 atom stereocenters. The lowest BCUT2D eigenvalue weighted by Crippen LogP contribution is -2.32. The summed E-state index contributed by atoms with van der Waals surface area (Å²) in [6, 6.07) is 5.71. The number of benzene rings is 1. The highest BCUT2D eigenvalue weighted by atomic mass is 35.5. The number of nitrogens with one attached hydrogen (secondary N) is 2. The average Bonchev–Trinajstić information content (AvgIpc) is 2.81. The fourth-order valence-corrected chi connectivity index (χ4v) is 2.68. The van der Waals surface area contributed by atoms with Crippen LogP contribution in [0.4, 0.5) is 11.4 Å². The molecule has 1 aromatic carbocycles. The van der Waals surface area contributed by atoms with E-state index in [1.165, 1.54) is 19.8 Å². The van der Waals surface area contributed by atoms with Gasteiger partial charge in [-0.2, -0.15) is 0 Å². The smallest absolute Gasteiger partial charge is 0.222 e. The minimum absolute atomic E-state index is 0.197. The Balaban J connectivity index is 2.06. The van der Waals surface area contributed by atoms with Crippen molar-refractivity contribution >= 4 is 46.2 Å². The summed E-state index contributed by atoms with van der Waals surface area (Å²) in [7, 11) is 0. The molecule has 1 saturated heterocycles. The number of thiocarbonyl (C=S) groups is 1. The molecule has 1 fully saturated rings. The van der Waals surface area contributed by atoms with Crippen LogP contribution < -0.4 is 15.5 Å². The zero-order valence-electron chi connectivity index (χ0n) is 10.7. The summed E-state index contributed by atoms with van der Waals surface area (Å²) in [5.41, 5.74) is 1.82. The molecule has 0 aliphatic carbocycles. The van der Waals surface area contributed by atoms with Gasteiger partial charge < -0.3 is 15.5 Å². The number of carbonyl (C=O) groups excluding carboxylic acids is 1. The largest absolute Gasteiger partial charge is 0.370 e. The third kappa shape index (κ3) is 3.81. The number of rotatable bonds is 2. The number of nitrogens with zero attached hydrogens (tertiary/aromatic N) is 1. The van der Waals surface area contributed by atoms with Crippen LogP contribution in [0.3, 0.4) is 0 Å². The minimum Gasteiger partial charge on any atom is -0.370 e. The molecule has 19 heavy (non-hydrogen) atoms. The van der Waals surface area contributed by atoms with E-state index in [0.717, 1.165) is 24.5 Å². The van der Waals surface area contributed by atoms with E-state index in [-0.39, 0.29) is 11.0 Å². The van der Waals surface area contributed by atoms with Crippen LogP contribution in [0, 0.1) is 0 Å². The lowest BCUT2D eigenvalue weighted by atomic mass is 10.2. The molecule has 1 aliphatic heterocycles. The number of amides is 1. The maximum Gasteiger partial charge on any atom is 0.222 e. The standard InChI is InChI=1S/C13H16ClN3OS/c1-9(18)15-13(19)16-10-4-5-12(11(14)8-10)17-6-2-3-7-17/h4-5,8H,2-3,6-7H2,1H3,(H2,15,16,18,19). The first-order valence-electron chi connectivity index (χ1n) is 6.19. The second kappa shape index (κ2) is 6.21. The summed E-state index contributed by atoms with van der Waals surface area (Å²) in [4.78, 5) is 13.1. The van der Waals surface area contributed by atoms with Gasteiger partial charge in [0, 0.05) is 25.7 Å². The highest BCUT2D eigenvalue weighted by Gasteiger charge is 2.15. The topological polar surface area (TPSA) is 44.4 Å². The monoisotopic (exact) mass is 297 g/mol. The zero-order valence-corrected chi connectivity index (χ0v) is 12.3. The molecule has 0 saturated carbocycles. The molecule has 1 aliphatic rings. The third-order valence-electron chi connectivity index (χ3n) is 2.94. The van der Waals surface area contributed by atoms with Gasteiger partial charge >= 0.3 is 0 Å². The molecule has 0 unspecified atom stereocenters. The third-order valence-corrected chi connectivity index (χ3v) is 3.45. The normalized spacial score (nSPS) is 14.3. The Labute approximate surface area is 123 Å². The lowest BCUT2D eigenvalue weighted by molar-refractivity contribution is -0.117. The Kier molecular flexibility index (Phi) is 4.61. The van der Waals surface area contributed by atoms with Gasteiger partial charge in [0.05, 0.1) is 10.7 Å². The van der Waals surface area contributed by atoms with E-state index in [2.05, 4.69) is 15.5 Å². The summed E-state index contributed by atoms with van der Waals surface area (Å²) in [5, 5.41) is 6.40. The fourth-order valence-electron chi connectivity index (χ4n) is 2.12. The second-order valence-corrected chi connectivity index (χ2v) is 5.31. The highest BCUT2D eigenvalue weighted by molar-refractivity contribution is 7.80. The van der Waals surface area contributed by atoms with Crippen LogP contribution in [0.15, 0.2) is 18.2 Å². The average molecular weight is 298 g/mol. The van der Waals surface area contributed by atoms with Gasteiger partial charge in [-0.3, -0.25) is 4.79 Å². The van der Waals surface area contributed by atoms with E-state index in [1.807, 2.05) is 18.2 Å². The van der Waals surface area contributed by atoms with E-state index in [0.29, 0.717) is 5.02 Å². The molecular weight excluding hydrogens is 282 g/mol. The Morgan fingerprint density at radius 1 is 1.37 bits per heavy atom. The quantitative estimate of drug-likeness (QED) is 0.824. The maximum absolute atomic E-state index is 10.9. The predicted molar refractivity (Wildman–Crippen MR) is 82.9 cm³/mol. The number of halogens is 1. The van der Waals surface area contributed by atoms with E-state index in [9.17, 15) is 4.79 Å². The van der Waals surface area contributed by atoms with Crippen molar-refractivity contribution in [3.63, 3.8) is 0 Å². The van der Waals surface area contributed by atoms with E-state index in [4.69, 9.17) is 23.8 Å². The van der Waals surface area contributed by atoms with E-state index >= 15 is 0 Å². The van der Waals surface area contributed by atoms with Crippen molar-refractivity contribution in [1.29, 1.82) is 0 Å². The number of carbonyl (C=O) groups is 1. The zero-order chi connectivity index (χ0) is 13.8. The number of hydrogen-bond donors (Lipinski definition) is 2. The second-order valence-electron chi connectivity index (χ2n) is 4.50. The van der Waals surface area contributed by atoms with Gasteiger partial charge in [0.2, 0.25) is 5.91 Å². The Bertz CT molecular complexity index is 501. The summed E-state index contributed by atoms with van der Waals surface area (Å²) < 4.78 is 0. The summed E-state index contributed by atoms with van der Waals surface area (Å²) >= 11 is 11.3. The number of anilines is 2. The molecule has 1 heterocycles. The van der Waals surface area contributed by atoms with Crippen molar-refractivity contribution < 1.29 is 4.79 Å². The summed E-state index contributed by atoms with van der Waals surface area (Å²) in [5.74, 6) is -0.197. The molecule has 0 spiro atoms. The molecule has 0 bridgehead atoms. The van der Waals surface area contributed by atoms with Crippen LogP contribution in [0.25, 0.3) is 0 Å². The van der Waals surface area contributed by atoms with Gasteiger partial charge in [-0.05, 0) is 43.3 Å². The molecule has 0 aromatic heterocycles. The maximum atomic E-state index is 10.9. The van der Waals surface area contributed by atoms with Crippen molar-refractivity contribution in [2.75, 3.05) is 23.3 Å². The van der Waals surface area contributed by atoms with Crippen molar-refractivity contribution in [3.8, 4) is 0 Å². The number of hydrogen-bond acceptors (Lipinski definition) is 3. The van der Waals surface area contributed by atoms with Gasteiger partial charge in [-0.1, -0.05) is 11.6 Å². The van der Waals surface area contributed by atoms with Crippen LogP contribution in [-0.4, -0.2) is 24.1 Å². The molecule has 4 nitrogen and oxygen atoms in total. The van der Waals surface area contributed by atoms with Crippen LogP contribution in [0.1, 0.15) is 19.8 Å². The Morgan fingerprint density at radius 3 is 2.63 bits per heavy atom. The molecule has 0 radical (unpaired) electrons. The van der Waals surface area contributed by atoms with Gasteiger partial charge in [0.15, 0.2) is 5.11 Å². The molecule has 1 amide bonds. The van der Waals surface area contributed by atoms with Gasteiger partial charge in [-0.25, -0.2) is 0 Å². The highest BCUT2D eigenvalue weighted by Crippen LogP contribution is 2.31.